The van der Waals surface area contributed by atoms with Gasteiger partial charge in [0.05, 0.1) is 4.90 Å². The van der Waals surface area contributed by atoms with E-state index in [1.165, 1.54) is 4.31 Å². The number of hydrogen-bond donors (Lipinski definition) is 1. The molecule has 0 bridgehead atoms. The summed E-state index contributed by atoms with van der Waals surface area (Å²) >= 11 is 3.35. The van der Waals surface area contributed by atoms with Gasteiger partial charge < -0.3 is 5.73 Å². The normalized spacial score (nSPS) is 13.2. The molecule has 1 aromatic carbocycles. The Labute approximate surface area is 123 Å². The van der Waals surface area contributed by atoms with Crippen LogP contribution in [0.5, 0.6) is 0 Å². The maximum Gasteiger partial charge on any atom is 0.243 e. The molecule has 0 amide bonds. The van der Waals surface area contributed by atoms with Crippen molar-refractivity contribution in [2.24, 2.45) is 5.73 Å². The van der Waals surface area contributed by atoms with Crippen molar-refractivity contribution in [1.29, 1.82) is 0 Å². The van der Waals surface area contributed by atoms with Crippen molar-refractivity contribution >= 4 is 38.4 Å². The zero-order valence-corrected chi connectivity index (χ0v) is 13.8. The second-order valence-corrected chi connectivity index (χ2v) is 6.87. The number of hydrogen-bond acceptors (Lipinski definition) is 3. The number of halogens is 2. The molecule has 0 spiro atoms. The summed E-state index contributed by atoms with van der Waals surface area (Å²) in [5.74, 6) is 0. The highest BCUT2D eigenvalue weighted by atomic mass is 79.9. The zero-order valence-electron chi connectivity index (χ0n) is 10.6. The van der Waals surface area contributed by atoms with Gasteiger partial charge in [0.1, 0.15) is 0 Å². The Morgan fingerprint density at radius 3 is 2.44 bits per heavy atom. The van der Waals surface area contributed by atoms with Gasteiger partial charge in [-0.3, -0.25) is 0 Å². The fourth-order valence-electron chi connectivity index (χ4n) is 1.33. The molecule has 0 saturated carbocycles. The standard InChI is InChI=1S/C11H17BrN2O2S.ClH/c1-8-6-10(4-5-11(8)12)17(15,16)14(3)9(2)7-13;/h4-6,9H,7,13H2,1-3H3;1H. The maximum absolute atomic E-state index is 12.3. The average Bonchev–Trinajstić information content (AvgIpc) is 2.30. The fourth-order valence-corrected chi connectivity index (χ4v) is 3.03. The number of aryl methyl sites for hydroxylation is 1. The molecular weight excluding hydrogens is 340 g/mol. The van der Waals surface area contributed by atoms with E-state index in [0.717, 1.165) is 10.0 Å². The van der Waals surface area contributed by atoms with E-state index < -0.39 is 10.0 Å². The number of nitrogens with two attached hydrogens (primary N) is 1. The van der Waals surface area contributed by atoms with Gasteiger partial charge in [0, 0.05) is 24.1 Å². The van der Waals surface area contributed by atoms with Crippen LogP contribution in [0.4, 0.5) is 0 Å². The van der Waals surface area contributed by atoms with Crippen LogP contribution in [-0.4, -0.2) is 32.4 Å². The minimum absolute atomic E-state index is 0. The van der Waals surface area contributed by atoms with E-state index in [4.69, 9.17) is 5.73 Å². The summed E-state index contributed by atoms with van der Waals surface area (Å²) in [7, 11) is -1.91. The first-order chi connectivity index (χ1) is 7.80. The molecule has 7 heteroatoms. The third kappa shape index (κ3) is 3.68. The Hall–Kier alpha value is -0.140. The van der Waals surface area contributed by atoms with Crippen LogP contribution in [0.25, 0.3) is 0 Å². The molecule has 2 N–H and O–H groups in total. The molecule has 1 atom stereocenters. The molecule has 0 heterocycles. The zero-order chi connectivity index (χ0) is 13.2. The van der Waals surface area contributed by atoms with Crippen LogP contribution < -0.4 is 5.73 Å². The number of benzene rings is 1. The van der Waals surface area contributed by atoms with Crippen molar-refractivity contribution in [2.75, 3.05) is 13.6 Å². The summed E-state index contributed by atoms with van der Waals surface area (Å²) in [6.45, 7) is 3.93. The maximum atomic E-state index is 12.3. The first-order valence-electron chi connectivity index (χ1n) is 5.25. The van der Waals surface area contributed by atoms with Gasteiger partial charge in [0.15, 0.2) is 0 Å². The van der Waals surface area contributed by atoms with Gasteiger partial charge >= 0.3 is 0 Å². The Kier molecular flexibility index (Phi) is 6.81. The highest BCUT2D eigenvalue weighted by molar-refractivity contribution is 9.10. The number of rotatable bonds is 4. The summed E-state index contributed by atoms with van der Waals surface area (Å²) in [5.41, 5.74) is 6.38. The minimum Gasteiger partial charge on any atom is -0.329 e. The van der Waals surface area contributed by atoms with Gasteiger partial charge in [-0.05, 0) is 37.6 Å². The molecule has 0 radical (unpaired) electrons. The number of nitrogens with zero attached hydrogens (tertiary/aromatic N) is 1. The summed E-state index contributed by atoms with van der Waals surface area (Å²) in [6, 6.07) is 4.76. The predicted molar refractivity (Wildman–Crippen MR) is 79.6 cm³/mol. The second-order valence-electron chi connectivity index (χ2n) is 4.02. The van der Waals surface area contributed by atoms with Gasteiger partial charge in [0.2, 0.25) is 10.0 Å². The van der Waals surface area contributed by atoms with Crippen LogP contribution in [0.3, 0.4) is 0 Å². The smallest absolute Gasteiger partial charge is 0.243 e. The third-order valence-corrected chi connectivity index (χ3v) is 5.63. The van der Waals surface area contributed by atoms with Gasteiger partial charge in [-0.15, -0.1) is 12.4 Å². The molecule has 0 aliphatic heterocycles. The molecule has 0 fully saturated rings. The first kappa shape index (κ1) is 17.9. The molecular formula is C11H18BrClN2O2S. The molecule has 104 valence electrons. The van der Waals surface area contributed by atoms with Crippen molar-refractivity contribution in [1.82, 2.24) is 4.31 Å². The first-order valence-corrected chi connectivity index (χ1v) is 7.48. The summed E-state index contributed by atoms with van der Waals surface area (Å²) < 4.78 is 26.7. The lowest BCUT2D eigenvalue weighted by Crippen LogP contribution is -2.39. The van der Waals surface area contributed by atoms with Crippen LogP contribution in [0.1, 0.15) is 12.5 Å². The van der Waals surface area contributed by atoms with Crippen LogP contribution in [-0.2, 0) is 10.0 Å². The number of sulfonamides is 1. The largest absolute Gasteiger partial charge is 0.329 e. The van der Waals surface area contributed by atoms with Crippen molar-refractivity contribution in [3.8, 4) is 0 Å². The second kappa shape index (κ2) is 6.86. The fraction of sp³-hybridized carbons (Fsp3) is 0.455. The molecule has 0 aliphatic carbocycles. The number of likely N-dealkylation sites (N-methyl/N-ethyl adjacent to an activating group) is 1. The highest BCUT2D eigenvalue weighted by Gasteiger charge is 2.24. The van der Waals surface area contributed by atoms with Crippen LogP contribution in [0.15, 0.2) is 27.6 Å². The molecule has 0 aliphatic rings. The van der Waals surface area contributed by atoms with Crippen LogP contribution >= 0.6 is 28.3 Å². The van der Waals surface area contributed by atoms with E-state index in [1.807, 2.05) is 6.92 Å². The van der Waals surface area contributed by atoms with E-state index in [-0.39, 0.29) is 18.4 Å². The van der Waals surface area contributed by atoms with Crippen molar-refractivity contribution in [2.45, 2.75) is 24.8 Å². The van der Waals surface area contributed by atoms with E-state index in [2.05, 4.69) is 15.9 Å². The van der Waals surface area contributed by atoms with Crippen molar-refractivity contribution in [3.05, 3.63) is 28.2 Å². The van der Waals surface area contributed by atoms with Crippen LogP contribution in [0.2, 0.25) is 0 Å². The summed E-state index contributed by atoms with van der Waals surface area (Å²) in [4.78, 5) is 0.293. The lowest BCUT2D eigenvalue weighted by Gasteiger charge is -2.23. The lowest BCUT2D eigenvalue weighted by atomic mass is 10.2. The molecule has 0 saturated heterocycles. The Morgan fingerprint density at radius 1 is 1.44 bits per heavy atom. The molecule has 1 rings (SSSR count). The quantitative estimate of drug-likeness (QED) is 0.898. The van der Waals surface area contributed by atoms with Gasteiger partial charge in [-0.1, -0.05) is 15.9 Å². The molecule has 4 nitrogen and oxygen atoms in total. The summed E-state index contributed by atoms with van der Waals surface area (Å²) in [5, 5.41) is 0. The van der Waals surface area contributed by atoms with E-state index in [0.29, 0.717) is 11.4 Å². The Bertz CT molecular complexity index is 508. The Morgan fingerprint density at radius 2 is 2.00 bits per heavy atom. The van der Waals surface area contributed by atoms with Crippen LogP contribution in [0, 0.1) is 6.92 Å². The average molecular weight is 358 g/mol. The van der Waals surface area contributed by atoms with Gasteiger partial charge in [0.25, 0.3) is 0 Å². The molecule has 0 aromatic heterocycles. The van der Waals surface area contributed by atoms with Crippen molar-refractivity contribution < 1.29 is 8.42 Å². The molecule has 1 aromatic rings. The van der Waals surface area contributed by atoms with E-state index in [1.54, 1.807) is 32.2 Å². The predicted octanol–water partition coefficient (Wildman–Crippen LogP) is 2.15. The lowest BCUT2D eigenvalue weighted by molar-refractivity contribution is 0.394. The SMILES string of the molecule is Cc1cc(S(=O)(=O)N(C)C(C)CN)ccc1Br.Cl. The van der Waals surface area contributed by atoms with Crippen molar-refractivity contribution in [3.63, 3.8) is 0 Å². The Balaban J connectivity index is 0.00000289. The van der Waals surface area contributed by atoms with E-state index in [9.17, 15) is 8.42 Å². The monoisotopic (exact) mass is 356 g/mol. The topological polar surface area (TPSA) is 63.4 Å². The van der Waals surface area contributed by atoms with Gasteiger partial charge in [-0.25, -0.2) is 8.42 Å². The summed E-state index contributed by atoms with van der Waals surface area (Å²) in [6.07, 6.45) is 0. The van der Waals surface area contributed by atoms with Gasteiger partial charge in [-0.2, -0.15) is 4.31 Å². The van der Waals surface area contributed by atoms with E-state index >= 15 is 0 Å². The third-order valence-electron chi connectivity index (χ3n) is 2.77. The minimum atomic E-state index is -3.46. The highest BCUT2D eigenvalue weighted by Crippen LogP contribution is 2.22. The molecule has 1 unspecified atom stereocenters. The molecule has 18 heavy (non-hydrogen) atoms.